The van der Waals surface area contributed by atoms with Gasteiger partial charge in [-0.05, 0) is 24.4 Å². The van der Waals surface area contributed by atoms with E-state index in [2.05, 4.69) is 20.3 Å². The molecule has 16 heteroatoms. The first kappa shape index (κ1) is 26.7. The second-order valence-corrected chi connectivity index (χ2v) is 8.15. The first-order chi connectivity index (χ1) is 17.2. The number of carbonyl (C=O) groups is 4. The Balaban J connectivity index is 1.47. The number of amides is 3. The van der Waals surface area contributed by atoms with Crippen molar-refractivity contribution in [2.24, 2.45) is 5.11 Å². The topological polar surface area (TPSA) is 226 Å². The lowest BCUT2D eigenvalue weighted by Gasteiger charge is -2.15. The van der Waals surface area contributed by atoms with Crippen molar-refractivity contribution in [3.63, 3.8) is 0 Å². The Kier molecular flexibility index (Phi) is 9.08. The second kappa shape index (κ2) is 12.2. The molecule has 1 aromatic heterocycles. The van der Waals surface area contributed by atoms with Gasteiger partial charge in [0.15, 0.2) is 0 Å². The maximum absolute atomic E-state index is 12.3. The number of hydroxylamine groups is 2. The normalized spacial score (nSPS) is 22.3. The highest BCUT2D eigenvalue weighted by atomic mass is 16.7. The molecule has 0 bridgehead atoms. The summed E-state index contributed by atoms with van der Waals surface area (Å²) in [6.07, 6.45) is -1.47. The van der Waals surface area contributed by atoms with Crippen LogP contribution in [-0.2, 0) is 28.8 Å². The molecule has 0 saturated carbocycles. The second-order valence-electron chi connectivity index (χ2n) is 8.15. The highest BCUT2D eigenvalue weighted by Crippen LogP contribution is 2.27. The van der Waals surface area contributed by atoms with Crippen molar-refractivity contribution in [1.29, 1.82) is 0 Å². The monoisotopic (exact) mass is 507 g/mol. The number of imide groups is 1. The molecule has 2 saturated heterocycles. The molecule has 36 heavy (non-hydrogen) atoms. The number of rotatable bonds is 11. The zero-order valence-electron chi connectivity index (χ0n) is 19.1. The number of aliphatic hydroxyl groups is 2. The Bertz CT molecular complexity index is 1100. The number of ether oxygens (including phenoxy) is 1. The first-order valence-corrected chi connectivity index (χ1v) is 11.2. The summed E-state index contributed by atoms with van der Waals surface area (Å²) in [5.74, 6) is -2.62. The summed E-state index contributed by atoms with van der Waals surface area (Å²) in [6.45, 7) is -0.399. The molecule has 0 aliphatic carbocycles. The lowest BCUT2D eigenvalue weighted by Crippen LogP contribution is -2.32. The highest BCUT2D eigenvalue weighted by Gasteiger charge is 2.35. The molecule has 3 heterocycles. The number of nitrogens with zero attached hydrogens (tertiary/aromatic N) is 6. The van der Waals surface area contributed by atoms with Crippen LogP contribution in [0.15, 0.2) is 22.2 Å². The SMILES string of the molecule is [N-]=[N+]=NC(CCC(=O)Nc1ccn(C2CC(O)C(CO)O2)c(=O)n1)CCC(=O)ON1C(=O)CCC1=O. The van der Waals surface area contributed by atoms with E-state index in [0.717, 1.165) is 4.57 Å². The zero-order chi connectivity index (χ0) is 26.2. The Hall–Kier alpha value is -3.85. The van der Waals surface area contributed by atoms with Gasteiger partial charge in [-0.3, -0.25) is 19.0 Å². The molecule has 1 aromatic rings. The Labute approximate surface area is 203 Å². The van der Waals surface area contributed by atoms with Crippen LogP contribution >= 0.6 is 0 Å². The van der Waals surface area contributed by atoms with Crippen molar-refractivity contribution in [3.05, 3.63) is 33.2 Å². The number of aliphatic hydroxyl groups excluding tert-OH is 2. The predicted octanol–water partition coefficient (Wildman–Crippen LogP) is -0.331. The molecule has 0 aromatic carbocycles. The van der Waals surface area contributed by atoms with Crippen molar-refractivity contribution in [2.75, 3.05) is 11.9 Å². The minimum Gasteiger partial charge on any atom is -0.394 e. The third-order valence-corrected chi connectivity index (χ3v) is 5.59. The largest absolute Gasteiger partial charge is 0.394 e. The van der Waals surface area contributed by atoms with Gasteiger partial charge in [-0.2, -0.15) is 4.98 Å². The van der Waals surface area contributed by atoms with Crippen LogP contribution in [0.5, 0.6) is 0 Å². The lowest BCUT2D eigenvalue weighted by molar-refractivity contribution is -0.197. The quantitative estimate of drug-likeness (QED) is 0.153. The molecule has 2 aliphatic rings. The van der Waals surface area contributed by atoms with E-state index in [-0.39, 0.29) is 50.8 Å². The van der Waals surface area contributed by atoms with Gasteiger partial charge in [-0.25, -0.2) is 9.59 Å². The zero-order valence-corrected chi connectivity index (χ0v) is 19.1. The molecule has 3 rings (SSSR count). The van der Waals surface area contributed by atoms with Gasteiger partial charge in [0.1, 0.15) is 18.1 Å². The molecule has 4 atom stereocenters. The van der Waals surface area contributed by atoms with Crippen LogP contribution in [0, 0.1) is 0 Å². The van der Waals surface area contributed by atoms with Crippen LogP contribution in [0.2, 0.25) is 0 Å². The summed E-state index contributed by atoms with van der Waals surface area (Å²) >= 11 is 0. The van der Waals surface area contributed by atoms with Gasteiger partial charge in [0.05, 0.1) is 12.7 Å². The van der Waals surface area contributed by atoms with Crippen LogP contribution < -0.4 is 11.0 Å². The Morgan fingerprint density at radius 3 is 2.58 bits per heavy atom. The van der Waals surface area contributed by atoms with Crippen molar-refractivity contribution in [3.8, 4) is 0 Å². The van der Waals surface area contributed by atoms with E-state index in [1.807, 2.05) is 0 Å². The molecule has 2 fully saturated rings. The number of anilines is 1. The summed E-state index contributed by atoms with van der Waals surface area (Å²) in [5, 5.41) is 25.4. The molecule has 3 N–H and O–H groups in total. The molecule has 0 spiro atoms. The molecular weight excluding hydrogens is 482 g/mol. The highest BCUT2D eigenvalue weighted by molar-refractivity contribution is 6.01. The van der Waals surface area contributed by atoms with Gasteiger partial charge in [0.2, 0.25) is 5.91 Å². The van der Waals surface area contributed by atoms with E-state index < -0.39 is 60.5 Å². The maximum Gasteiger partial charge on any atom is 0.351 e. The van der Waals surface area contributed by atoms with Crippen LogP contribution in [0.25, 0.3) is 10.4 Å². The smallest absolute Gasteiger partial charge is 0.351 e. The lowest BCUT2D eigenvalue weighted by atomic mass is 10.1. The molecule has 2 aliphatic heterocycles. The van der Waals surface area contributed by atoms with E-state index in [1.54, 1.807) is 0 Å². The molecule has 16 nitrogen and oxygen atoms in total. The van der Waals surface area contributed by atoms with Gasteiger partial charge in [-0.1, -0.05) is 5.11 Å². The Morgan fingerprint density at radius 1 is 1.28 bits per heavy atom. The summed E-state index contributed by atoms with van der Waals surface area (Å²) in [5.41, 5.74) is 8.02. The van der Waals surface area contributed by atoms with Crippen LogP contribution in [0.4, 0.5) is 5.82 Å². The maximum atomic E-state index is 12.3. The van der Waals surface area contributed by atoms with Crippen molar-refractivity contribution >= 4 is 29.5 Å². The van der Waals surface area contributed by atoms with E-state index in [4.69, 9.17) is 20.2 Å². The van der Waals surface area contributed by atoms with Gasteiger partial charge in [0, 0.05) is 49.3 Å². The summed E-state index contributed by atoms with van der Waals surface area (Å²) in [6, 6.07) is 0.619. The van der Waals surface area contributed by atoms with E-state index >= 15 is 0 Å². The number of nitrogens with one attached hydrogen (secondary N) is 1. The number of aromatic nitrogens is 2. The van der Waals surface area contributed by atoms with Crippen molar-refractivity contribution < 1.29 is 39.0 Å². The summed E-state index contributed by atoms with van der Waals surface area (Å²) < 4.78 is 6.55. The first-order valence-electron chi connectivity index (χ1n) is 11.2. The van der Waals surface area contributed by atoms with Gasteiger partial charge in [0.25, 0.3) is 11.8 Å². The van der Waals surface area contributed by atoms with Crippen molar-refractivity contribution in [1.82, 2.24) is 14.6 Å². The van der Waals surface area contributed by atoms with Gasteiger partial charge < -0.3 is 25.1 Å². The summed E-state index contributed by atoms with van der Waals surface area (Å²) in [4.78, 5) is 70.7. The number of hydrogen-bond acceptors (Lipinski definition) is 11. The summed E-state index contributed by atoms with van der Waals surface area (Å²) in [7, 11) is 0. The van der Waals surface area contributed by atoms with Crippen LogP contribution in [-0.4, -0.2) is 73.4 Å². The third-order valence-electron chi connectivity index (χ3n) is 5.59. The molecule has 194 valence electrons. The van der Waals surface area contributed by atoms with Crippen LogP contribution in [0.1, 0.15) is 51.2 Å². The number of hydrogen-bond donors (Lipinski definition) is 3. The van der Waals surface area contributed by atoms with Crippen LogP contribution in [0.3, 0.4) is 0 Å². The molecule has 3 amide bonds. The third kappa shape index (κ3) is 6.85. The fourth-order valence-corrected chi connectivity index (χ4v) is 3.68. The van der Waals surface area contributed by atoms with E-state index in [1.165, 1.54) is 12.3 Å². The van der Waals surface area contributed by atoms with Gasteiger partial charge in [-0.15, -0.1) is 5.06 Å². The fourth-order valence-electron chi connectivity index (χ4n) is 3.68. The average molecular weight is 507 g/mol. The fraction of sp³-hybridized carbons (Fsp3) is 0.600. The molecule has 4 unspecified atom stereocenters. The molecule has 0 radical (unpaired) electrons. The van der Waals surface area contributed by atoms with E-state index in [0.29, 0.717) is 5.06 Å². The molecular formula is C20H25N7O9. The predicted molar refractivity (Wildman–Crippen MR) is 117 cm³/mol. The van der Waals surface area contributed by atoms with Gasteiger partial charge >= 0.3 is 11.7 Å². The van der Waals surface area contributed by atoms with Crippen molar-refractivity contribution in [2.45, 2.75) is 69.4 Å². The Morgan fingerprint density at radius 2 is 1.97 bits per heavy atom. The number of carbonyl (C=O) groups excluding carboxylic acids is 4. The number of azide groups is 1. The minimum atomic E-state index is -0.928. The minimum absolute atomic E-state index is 0.0166. The van der Waals surface area contributed by atoms with E-state index in [9.17, 15) is 29.1 Å². The average Bonchev–Trinajstić information content (AvgIpc) is 3.37. The standard InChI is InChI=1S/C20H25N7O9/c21-25-24-11(2-6-19(33)36-27-16(31)4-5-17(27)32)1-3-15(30)22-14-7-8-26(20(34)23-14)18-9-12(29)13(10-28)35-18/h7-8,11-13,18,28-29H,1-6,9-10H2,(H,22,23,30,34).